The number of esters is 1. The molecule has 1 aromatic carbocycles. The highest BCUT2D eigenvalue weighted by Gasteiger charge is 2.36. The molecule has 8 nitrogen and oxygen atoms in total. The summed E-state index contributed by atoms with van der Waals surface area (Å²) in [5.41, 5.74) is -1.43. The average Bonchev–Trinajstić information content (AvgIpc) is 2.62. The number of nitro groups is 1. The van der Waals surface area contributed by atoms with E-state index in [4.69, 9.17) is 9.47 Å². The lowest BCUT2D eigenvalue weighted by molar-refractivity contribution is -0.384. The van der Waals surface area contributed by atoms with Crippen molar-refractivity contribution in [1.29, 1.82) is 0 Å². The minimum absolute atomic E-state index is 0.0850. The van der Waals surface area contributed by atoms with Crippen molar-refractivity contribution in [2.45, 2.75) is 58.8 Å². The molecule has 1 heterocycles. The third-order valence-electron chi connectivity index (χ3n) is 4.00. The third-order valence-corrected chi connectivity index (χ3v) is 4.46. The van der Waals surface area contributed by atoms with E-state index in [0.29, 0.717) is 10.2 Å². The first-order chi connectivity index (χ1) is 13.8. The van der Waals surface area contributed by atoms with Crippen molar-refractivity contribution in [2.75, 3.05) is 5.32 Å². The summed E-state index contributed by atoms with van der Waals surface area (Å²) in [6.45, 7) is 10.2. The molecule has 162 valence electrons. The van der Waals surface area contributed by atoms with Gasteiger partial charge in [0.1, 0.15) is 17.2 Å². The van der Waals surface area contributed by atoms with Gasteiger partial charge >= 0.3 is 5.97 Å². The topological polar surface area (TPSA) is 104 Å². The normalized spacial score (nSPS) is 12.8. The number of hydrogen-bond acceptors (Lipinski definition) is 7. The number of aromatic nitrogens is 1. The molecular weight excluding hydrogens is 454 g/mol. The number of anilines is 1. The molecule has 0 aliphatic heterocycles. The Hall–Kier alpha value is -2.68. The largest absolute Gasteiger partial charge is 0.482 e. The van der Waals surface area contributed by atoms with E-state index in [1.54, 1.807) is 65.9 Å². The van der Waals surface area contributed by atoms with Crippen LogP contribution in [0.15, 0.2) is 41.0 Å². The highest BCUT2D eigenvalue weighted by Crippen LogP contribution is 2.41. The Morgan fingerprint density at radius 1 is 1.23 bits per heavy atom. The van der Waals surface area contributed by atoms with Crippen LogP contribution in [0.1, 0.15) is 53.3 Å². The van der Waals surface area contributed by atoms with Crippen molar-refractivity contribution in [1.82, 2.24) is 4.98 Å². The molecule has 0 bridgehead atoms. The van der Waals surface area contributed by atoms with Gasteiger partial charge in [-0.05, 0) is 59.7 Å². The van der Waals surface area contributed by atoms with Gasteiger partial charge in [0, 0.05) is 16.7 Å². The Morgan fingerprint density at radius 2 is 1.90 bits per heavy atom. The average molecular weight is 480 g/mol. The maximum Gasteiger partial charge on any atom is 0.331 e. The molecule has 0 saturated heterocycles. The van der Waals surface area contributed by atoms with Crippen molar-refractivity contribution in [3.8, 4) is 5.75 Å². The lowest BCUT2D eigenvalue weighted by Gasteiger charge is -2.30. The Morgan fingerprint density at radius 3 is 2.43 bits per heavy atom. The van der Waals surface area contributed by atoms with Gasteiger partial charge in [0.15, 0.2) is 11.4 Å². The van der Waals surface area contributed by atoms with Gasteiger partial charge in [-0.2, -0.15) is 0 Å². The molecule has 0 amide bonds. The zero-order valence-electron chi connectivity index (χ0n) is 17.9. The quantitative estimate of drug-likeness (QED) is 0.320. The first-order valence-corrected chi connectivity index (χ1v) is 10.2. The van der Waals surface area contributed by atoms with Crippen molar-refractivity contribution < 1.29 is 19.2 Å². The van der Waals surface area contributed by atoms with Crippen LogP contribution in [-0.2, 0) is 9.53 Å². The fraction of sp³-hybridized carbons (Fsp3) is 0.429. The highest BCUT2D eigenvalue weighted by molar-refractivity contribution is 9.10. The van der Waals surface area contributed by atoms with E-state index < -0.39 is 28.1 Å². The van der Waals surface area contributed by atoms with Crippen LogP contribution in [0, 0.1) is 10.1 Å². The standard InChI is InChI=1S/C21H26BrN3O5/c1-13(15-9-7-8-10-23-15)29-17-12-14(22)11-16(25(27)28)18(17)24-21(5,6)19(26)30-20(2,3)4/h7-13,24H,1-6H3/t13-/m1/s1. The van der Waals surface area contributed by atoms with Gasteiger partial charge in [-0.15, -0.1) is 0 Å². The maximum absolute atomic E-state index is 12.7. The predicted molar refractivity (Wildman–Crippen MR) is 118 cm³/mol. The molecule has 0 spiro atoms. The molecule has 1 N–H and O–H groups in total. The molecule has 0 radical (unpaired) electrons. The van der Waals surface area contributed by atoms with Crippen LogP contribution in [0.2, 0.25) is 0 Å². The van der Waals surface area contributed by atoms with Gasteiger partial charge < -0.3 is 14.8 Å². The first kappa shape index (κ1) is 23.6. The predicted octanol–water partition coefficient (Wildman–Crippen LogP) is 5.42. The van der Waals surface area contributed by atoms with Crippen molar-refractivity contribution in [3.63, 3.8) is 0 Å². The van der Waals surface area contributed by atoms with Crippen LogP contribution in [0.3, 0.4) is 0 Å². The van der Waals surface area contributed by atoms with Gasteiger partial charge in [-0.3, -0.25) is 15.1 Å². The summed E-state index contributed by atoms with van der Waals surface area (Å²) in [4.78, 5) is 28.1. The summed E-state index contributed by atoms with van der Waals surface area (Å²) in [6.07, 6.45) is 1.16. The fourth-order valence-corrected chi connectivity index (χ4v) is 2.99. The molecule has 2 rings (SSSR count). The third kappa shape index (κ3) is 6.16. The SMILES string of the molecule is C[C@@H](Oc1cc(Br)cc([N+](=O)[O-])c1NC(C)(C)C(=O)OC(C)(C)C)c1ccccn1. The summed E-state index contributed by atoms with van der Waals surface area (Å²) in [5.74, 6) is -0.332. The second kappa shape index (κ2) is 8.99. The van der Waals surface area contributed by atoms with Gasteiger partial charge in [-0.25, -0.2) is 4.79 Å². The first-order valence-electron chi connectivity index (χ1n) is 9.37. The number of carbonyl (C=O) groups is 1. The van der Waals surface area contributed by atoms with Crippen LogP contribution >= 0.6 is 15.9 Å². The molecule has 0 unspecified atom stereocenters. The molecule has 1 atom stereocenters. The second-order valence-electron chi connectivity index (χ2n) is 8.32. The van der Waals surface area contributed by atoms with Crippen molar-refractivity contribution >= 4 is 33.3 Å². The molecule has 9 heteroatoms. The molecule has 0 fully saturated rings. The maximum atomic E-state index is 12.7. The molecule has 0 aliphatic rings. The minimum Gasteiger partial charge on any atom is -0.482 e. The van der Waals surface area contributed by atoms with Gasteiger partial charge in [0.25, 0.3) is 5.69 Å². The lowest BCUT2D eigenvalue weighted by Crippen LogP contribution is -2.44. The summed E-state index contributed by atoms with van der Waals surface area (Å²) in [5, 5.41) is 14.7. The lowest BCUT2D eigenvalue weighted by atomic mass is 10.0. The zero-order valence-corrected chi connectivity index (χ0v) is 19.4. The molecular formula is C21H26BrN3O5. The second-order valence-corrected chi connectivity index (χ2v) is 9.24. The van der Waals surface area contributed by atoms with E-state index in [0.717, 1.165) is 0 Å². The minimum atomic E-state index is -1.25. The van der Waals surface area contributed by atoms with Crippen LogP contribution in [0.5, 0.6) is 5.75 Å². The highest BCUT2D eigenvalue weighted by atomic mass is 79.9. The Balaban J connectivity index is 2.46. The van der Waals surface area contributed by atoms with Crippen molar-refractivity contribution in [3.05, 3.63) is 56.8 Å². The number of nitrogens with one attached hydrogen (secondary N) is 1. The molecule has 0 saturated carbocycles. The van der Waals surface area contributed by atoms with Crippen LogP contribution in [0.25, 0.3) is 0 Å². The Kier molecular flexibility index (Phi) is 7.07. The van der Waals surface area contributed by atoms with Crippen LogP contribution < -0.4 is 10.1 Å². The van der Waals surface area contributed by atoms with E-state index in [-0.39, 0.29) is 17.1 Å². The van der Waals surface area contributed by atoms with E-state index in [1.807, 2.05) is 6.07 Å². The number of nitrogens with zero attached hydrogens (tertiary/aromatic N) is 2. The number of pyridine rings is 1. The number of halogens is 1. The van der Waals surface area contributed by atoms with Crippen molar-refractivity contribution in [2.24, 2.45) is 0 Å². The van der Waals surface area contributed by atoms with E-state index >= 15 is 0 Å². The summed E-state index contributed by atoms with van der Waals surface area (Å²) >= 11 is 3.29. The summed E-state index contributed by atoms with van der Waals surface area (Å²) < 4.78 is 11.9. The van der Waals surface area contributed by atoms with Gasteiger partial charge in [0.05, 0.1) is 10.6 Å². The number of nitro benzene ring substituents is 1. The molecule has 1 aromatic heterocycles. The number of carbonyl (C=O) groups excluding carboxylic acids is 1. The van der Waals surface area contributed by atoms with Crippen LogP contribution in [0.4, 0.5) is 11.4 Å². The Labute approximate surface area is 184 Å². The van der Waals surface area contributed by atoms with E-state index in [2.05, 4.69) is 26.2 Å². The fourth-order valence-electron chi connectivity index (χ4n) is 2.57. The molecule has 0 aliphatic carbocycles. The van der Waals surface area contributed by atoms with Gasteiger partial charge in [0.2, 0.25) is 0 Å². The number of ether oxygens (including phenoxy) is 2. The molecule has 2 aromatic rings. The number of benzene rings is 1. The van der Waals surface area contributed by atoms with Crippen LogP contribution in [-0.4, -0.2) is 27.0 Å². The number of rotatable bonds is 7. The monoisotopic (exact) mass is 479 g/mol. The van der Waals surface area contributed by atoms with Gasteiger partial charge in [-0.1, -0.05) is 22.0 Å². The summed E-state index contributed by atoms with van der Waals surface area (Å²) in [6, 6.07) is 8.38. The molecule has 30 heavy (non-hydrogen) atoms. The smallest absolute Gasteiger partial charge is 0.331 e. The Bertz CT molecular complexity index is 926. The summed E-state index contributed by atoms with van der Waals surface area (Å²) in [7, 11) is 0. The van der Waals surface area contributed by atoms with E-state index in [9.17, 15) is 14.9 Å². The zero-order chi connectivity index (χ0) is 22.7. The van der Waals surface area contributed by atoms with E-state index in [1.165, 1.54) is 6.07 Å². The number of hydrogen-bond donors (Lipinski definition) is 1.